The summed E-state index contributed by atoms with van der Waals surface area (Å²) in [5.41, 5.74) is 4.47. The lowest BCUT2D eigenvalue weighted by Gasteiger charge is -2.37. The van der Waals surface area contributed by atoms with Crippen LogP contribution in [-0.2, 0) is 0 Å². The number of para-hydroxylation sites is 1. The van der Waals surface area contributed by atoms with Crippen LogP contribution in [0.25, 0.3) is 0 Å². The third kappa shape index (κ3) is 1.78. The summed E-state index contributed by atoms with van der Waals surface area (Å²) in [5, 5.41) is 9.43. The predicted molar refractivity (Wildman–Crippen MR) is 87.2 cm³/mol. The quantitative estimate of drug-likeness (QED) is 0.869. The minimum atomic E-state index is -1.05. The standard InChI is InChI=1S/C19H17NO3/c1-10-5-3-6-12-11(2)9-15-13-7-4-8-14(19(22)23)16(13)18(21)20(15)17(10)12/h3-8,11,15H,9H2,1-2H3,(H,22,23)/t11-,15+/m0/s1. The summed E-state index contributed by atoms with van der Waals surface area (Å²) in [6, 6.07) is 11.2. The van der Waals surface area contributed by atoms with Crippen molar-refractivity contribution in [2.24, 2.45) is 0 Å². The molecule has 0 spiro atoms. The molecule has 4 rings (SSSR count). The van der Waals surface area contributed by atoms with Gasteiger partial charge in [0.15, 0.2) is 0 Å². The zero-order valence-electron chi connectivity index (χ0n) is 13.0. The highest BCUT2D eigenvalue weighted by molar-refractivity contribution is 6.17. The molecule has 0 aromatic heterocycles. The second kappa shape index (κ2) is 4.69. The lowest BCUT2D eigenvalue weighted by Crippen LogP contribution is -2.34. The highest BCUT2D eigenvalue weighted by Gasteiger charge is 2.45. The van der Waals surface area contributed by atoms with Gasteiger partial charge in [0.25, 0.3) is 5.91 Å². The number of carbonyl (C=O) groups is 2. The molecule has 2 aromatic carbocycles. The molecule has 1 amide bonds. The van der Waals surface area contributed by atoms with Gasteiger partial charge < -0.3 is 10.0 Å². The van der Waals surface area contributed by atoms with Crippen molar-refractivity contribution in [3.05, 3.63) is 64.2 Å². The molecule has 1 N–H and O–H groups in total. The summed E-state index contributed by atoms with van der Waals surface area (Å²) < 4.78 is 0. The van der Waals surface area contributed by atoms with Gasteiger partial charge in [-0.15, -0.1) is 0 Å². The van der Waals surface area contributed by atoms with Gasteiger partial charge in [0.05, 0.1) is 22.9 Å². The van der Waals surface area contributed by atoms with Gasteiger partial charge in [-0.25, -0.2) is 4.79 Å². The number of amides is 1. The van der Waals surface area contributed by atoms with Gasteiger partial charge >= 0.3 is 5.97 Å². The molecule has 4 nitrogen and oxygen atoms in total. The number of carboxylic acids is 1. The molecule has 0 unspecified atom stereocenters. The first kappa shape index (κ1) is 14.0. The third-order valence-corrected chi connectivity index (χ3v) is 5.05. The van der Waals surface area contributed by atoms with E-state index in [9.17, 15) is 14.7 Å². The van der Waals surface area contributed by atoms with Crippen LogP contribution in [-0.4, -0.2) is 17.0 Å². The zero-order valence-corrected chi connectivity index (χ0v) is 13.0. The smallest absolute Gasteiger partial charge is 0.336 e. The Hall–Kier alpha value is -2.62. The Morgan fingerprint density at radius 3 is 2.61 bits per heavy atom. The van der Waals surface area contributed by atoms with Crippen molar-refractivity contribution in [1.82, 2.24) is 0 Å². The highest BCUT2D eigenvalue weighted by atomic mass is 16.4. The SMILES string of the molecule is Cc1cccc2c1N1C(=O)c3c(C(=O)O)cccc3[C@H]1C[C@@H]2C. The van der Waals surface area contributed by atoms with Crippen molar-refractivity contribution in [1.29, 1.82) is 0 Å². The lowest BCUT2D eigenvalue weighted by molar-refractivity contribution is 0.0692. The second-order valence-electron chi connectivity index (χ2n) is 6.42. The number of rotatable bonds is 1. The van der Waals surface area contributed by atoms with Gasteiger partial charge in [0.2, 0.25) is 0 Å². The molecule has 0 bridgehead atoms. The second-order valence-corrected chi connectivity index (χ2v) is 6.42. The van der Waals surface area contributed by atoms with Gasteiger partial charge in [0, 0.05) is 0 Å². The fourth-order valence-corrected chi connectivity index (χ4v) is 4.03. The Morgan fingerprint density at radius 1 is 1.17 bits per heavy atom. The average molecular weight is 307 g/mol. The average Bonchev–Trinajstić information content (AvgIpc) is 2.81. The van der Waals surface area contributed by atoms with Crippen LogP contribution in [0.15, 0.2) is 36.4 Å². The van der Waals surface area contributed by atoms with Crippen LogP contribution >= 0.6 is 0 Å². The number of hydrogen-bond acceptors (Lipinski definition) is 2. The van der Waals surface area contributed by atoms with Crippen molar-refractivity contribution in [3.8, 4) is 0 Å². The van der Waals surface area contributed by atoms with Crippen molar-refractivity contribution < 1.29 is 14.7 Å². The van der Waals surface area contributed by atoms with Crippen LogP contribution in [0.3, 0.4) is 0 Å². The molecule has 23 heavy (non-hydrogen) atoms. The Kier molecular flexibility index (Phi) is 2.85. The number of hydrogen-bond donors (Lipinski definition) is 1. The first-order valence-corrected chi connectivity index (χ1v) is 7.80. The Labute approximate surface area is 134 Å². The van der Waals surface area contributed by atoms with E-state index in [4.69, 9.17) is 0 Å². The number of benzene rings is 2. The number of carboxylic acid groups (broad SMARTS) is 1. The summed E-state index contributed by atoms with van der Waals surface area (Å²) >= 11 is 0. The maximum atomic E-state index is 13.0. The molecule has 4 heteroatoms. The topological polar surface area (TPSA) is 57.6 Å². The molecule has 116 valence electrons. The van der Waals surface area contributed by atoms with Gasteiger partial charge in [-0.1, -0.05) is 37.3 Å². The summed E-state index contributed by atoms with van der Waals surface area (Å²) in [5.74, 6) is -0.906. The Bertz CT molecular complexity index is 856. The van der Waals surface area contributed by atoms with Crippen LogP contribution in [0.2, 0.25) is 0 Å². The lowest BCUT2D eigenvalue weighted by atomic mass is 9.84. The minimum Gasteiger partial charge on any atom is -0.478 e. The van der Waals surface area contributed by atoms with E-state index in [1.165, 1.54) is 11.6 Å². The number of fused-ring (bicyclic) bond motifs is 5. The van der Waals surface area contributed by atoms with E-state index in [1.807, 2.05) is 30.0 Å². The van der Waals surface area contributed by atoms with Crippen LogP contribution in [0.5, 0.6) is 0 Å². The van der Waals surface area contributed by atoms with E-state index in [-0.39, 0.29) is 17.5 Å². The third-order valence-electron chi connectivity index (χ3n) is 5.05. The van der Waals surface area contributed by atoms with E-state index in [2.05, 4.69) is 13.0 Å². The van der Waals surface area contributed by atoms with Crippen LogP contribution in [0.1, 0.15) is 62.7 Å². The van der Waals surface area contributed by atoms with E-state index in [0.717, 1.165) is 23.2 Å². The molecular formula is C19H17NO3. The fourth-order valence-electron chi connectivity index (χ4n) is 4.03. The number of carbonyl (C=O) groups excluding carboxylic acids is 1. The maximum absolute atomic E-state index is 13.0. The molecule has 0 fully saturated rings. The molecule has 2 atom stereocenters. The first-order valence-electron chi connectivity index (χ1n) is 7.80. The number of aryl methyl sites for hydroxylation is 1. The first-order chi connectivity index (χ1) is 11.0. The largest absolute Gasteiger partial charge is 0.478 e. The molecule has 2 aliphatic rings. The van der Waals surface area contributed by atoms with Crippen LogP contribution < -0.4 is 4.90 Å². The van der Waals surface area contributed by atoms with E-state index in [1.54, 1.807) is 6.07 Å². The van der Waals surface area contributed by atoms with Crippen LogP contribution in [0.4, 0.5) is 5.69 Å². The predicted octanol–water partition coefficient (Wildman–Crippen LogP) is 3.90. The number of aromatic carboxylic acids is 1. The van der Waals surface area contributed by atoms with Crippen molar-refractivity contribution in [3.63, 3.8) is 0 Å². The Morgan fingerprint density at radius 2 is 1.87 bits per heavy atom. The Balaban J connectivity index is 1.98. The number of nitrogens with zero attached hydrogens (tertiary/aromatic N) is 1. The molecule has 0 radical (unpaired) electrons. The summed E-state index contributed by atoms with van der Waals surface area (Å²) in [6.45, 7) is 4.17. The van der Waals surface area contributed by atoms with Gasteiger partial charge in [-0.3, -0.25) is 4.79 Å². The van der Waals surface area contributed by atoms with Crippen molar-refractivity contribution in [2.45, 2.75) is 32.2 Å². The summed E-state index contributed by atoms with van der Waals surface area (Å²) in [7, 11) is 0. The van der Waals surface area contributed by atoms with Gasteiger partial charge in [0.1, 0.15) is 0 Å². The normalized spacial score (nSPS) is 21.7. The van der Waals surface area contributed by atoms with Gasteiger partial charge in [-0.05, 0) is 42.0 Å². The molecule has 2 aromatic rings. The molecule has 0 saturated carbocycles. The summed E-state index contributed by atoms with van der Waals surface area (Å²) in [6.07, 6.45) is 0.818. The number of anilines is 1. The molecule has 0 aliphatic carbocycles. The van der Waals surface area contributed by atoms with Gasteiger partial charge in [-0.2, -0.15) is 0 Å². The molecule has 2 heterocycles. The van der Waals surface area contributed by atoms with Crippen molar-refractivity contribution >= 4 is 17.6 Å². The van der Waals surface area contributed by atoms with E-state index >= 15 is 0 Å². The fraction of sp³-hybridized carbons (Fsp3) is 0.263. The van der Waals surface area contributed by atoms with Crippen LogP contribution in [0, 0.1) is 6.92 Å². The van der Waals surface area contributed by atoms with E-state index in [0.29, 0.717) is 11.5 Å². The molecule has 2 aliphatic heterocycles. The maximum Gasteiger partial charge on any atom is 0.336 e. The minimum absolute atomic E-state index is 0.0691. The van der Waals surface area contributed by atoms with Crippen molar-refractivity contribution in [2.75, 3.05) is 4.90 Å². The highest BCUT2D eigenvalue weighted by Crippen LogP contribution is 2.51. The summed E-state index contributed by atoms with van der Waals surface area (Å²) in [4.78, 5) is 26.4. The zero-order chi connectivity index (χ0) is 16.3. The monoisotopic (exact) mass is 307 g/mol. The molecule has 0 saturated heterocycles. The molecular weight excluding hydrogens is 290 g/mol. The van der Waals surface area contributed by atoms with E-state index < -0.39 is 5.97 Å².